The fourth-order valence-electron chi connectivity index (χ4n) is 2.24. The van der Waals surface area contributed by atoms with Crippen molar-refractivity contribution in [3.05, 3.63) is 41.7 Å². The summed E-state index contributed by atoms with van der Waals surface area (Å²) < 4.78 is 36.2. The van der Waals surface area contributed by atoms with E-state index in [2.05, 4.69) is 10.4 Å². The van der Waals surface area contributed by atoms with Gasteiger partial charge in [0.25, 0.3) is 6.43 Å². The highest BCUT2D eigenvalue weighted by molar-refractivity contribution is 5.85. The molecule has 0 saturated carbocycles. The summed E-state index contributed by atoms with van der Waals surface area (Å²) in [6, 6.07) is 5.81. The first-order valence-corrected chi connectivity index (χ1v) is 7.33. The lowest BCUT2D eigenvalue weighted by Gasteiger charge is -2.09. The van der Waals surface area contributed by atoms with Gasteiger partial charge in [0.05, 0.1) is 20.4 Å². The number of nitrogens with one attached hydrogen (secondary N) is 1. The molecule has 0 unspecified atom stereocenters. The van der Waals surface area contributed by atoms with Gasteiger partial charge in [-0.2, -0.15) is 5.10 Å². The molecule has 0 aliphatic rings. The molecule has 2 rings (SSSR count). The quantitative estimate of drug-likeness (QED) is 0.698. The second-order valence-corrected chi connectivity index (χ2v) is 5.08. The summed E-state index contributed by atoms with van der Waals surface area (Å²) in [6.07, 6.45) is 1.67. The highest BCUT2D eigenvalue weighted by atomic mass is 35.5. The smallest absolute Gasteiger partial charge is 0.257 e. The van der Waals surface area contributed by atoms with Gasteiger partial charge in [0.15, 0.2) is 11.5 Å². The Kier molecular flexibility index (Phi) is 8.49. The zero-order chi connectivity index (χ0) is 16.7. The van der Waals surface area contributed by atoms with Gasteiger partial charge in [0.2, 0.25) is 0 Å². The number of alkyl halides is 2. The summed E-state index contributed by atoms with van der Waals surface area (Å²) in [7, 11) is 3.21. The molecule has 0 atom stereocenters. The van der Waals surface area contributed by atoms with Gasteiger partial charge >= 0.3 is 0 Å². The van der Waals surface area contributed by atoms with Gasteiger partial charge in [-0.3, -0.25) is 4.68 Å². The molecule has 2 aromatic rings. The van der Waals surface area contributed by atoms with Crippen molar-refractivity contribution in [2.24, 2.45) is 0 Å². The number of rotatable bonds is 9. The number of hydrogen-bond donors (Lipinski definition) is 1. The molecule has 0 radical (unpaired) electrons. The Morgan fingerprint density at radius 1 is 1.17 bits per heavy atom. The lowest BCUT2D eigenvalue weighted by molar-refractivity contribution is 0.122. The maximum absolute atomic E-state index is 12.2. The third-order valence-corrected chi connectivity index (χ3v) is 3.38. The third-order valence-electron chi connectivity index (χ3n) is 3.38. The van der Waals surface area contributed by atoms with Gasteiger partial charge in [-0.25, -0.2) is 8.78 Å². The van der Waals surface area contributed by atoms with Crippen LogP contribution in [0, 0.1) is 0 Å². The van der Waals surface area contributed by atoms with E-state index < -0.39 is 6.43 Å². The van der Waals surface area contributed by atoms with Crippen molar-refractivity contribution in [3.63, 3.8) is 0 Å². The van der Waals surface area contributed by atoms with Crippen LogP contribution in [0.15, 0.2) is 30.6 Å². The molecule has 0 spiro atoms. The summed E-state index contributed by atoms with van der Waals surface area (Å²) in [5.74, 6) is 1.41. The molecular weight excluding hydrogens is 340 g/mol. The van der Waals surface area contributed by atoms with Crippen molar-refractivity contribution in [3.8, 4) is 11.5 Å². The van der Waals surface area contributed by atoms with Gasteiger partial charge in [0.1, 0.15) is 6.54 Å². The molecule has 0 fully saturated rings. The molecule has 5 nitrogen and oxygen atoms in total. The van der Waals surface area contributed by atoms with Gasteiger partial charge in [-0.1, -0.05) is 6.07 Å². The molecule has 0 aliphatic heterocycles. The Balaban J connectivity index is 0.00000288. The number of methoxy groups -OCH3 is 2. The van der Waals surface area contributed by atoms with E-state index in [4.69, 9.17) is 9.47 Å². The molecule has 1 heterocycles. The Labute approximate surface area is 146 Å². The normalized spacial score (nSPS) is 10.5. The van der Waals surface area contributed by atoms with E-state index in [1.165, 1.54) is 4.68 Å². The average Bonchev–Trinajstić information content (AvgIpc) is 2.97. The van der Waals surface area contributed by atoms with Gasteiger partial charge in [-0.05, 0) is 30.7 Å². The number of aromatic nitrogens is 2. The molecule has 1 aromatic heterocycles. The number of hydrogen-bond acceptors (Lipinski definition) is 4. The first-order valence-electron chi connectivity index (χ1n) is 7.33. The van der Waals surface area contributed by atoms with Crippen LogP contribution in [0.25, 0.3) is 0 Å². The second kappa shape index (κ2) is 10.1. The molecule has 1 N–H and O–H groups in total. The Morgan fingerprint density at radius 2 is 1.92 bits per heavy atom. The molecule has 134 valence electrons. The van der Waals surface area contributed by atoms with E-state index in [9.17, 15) is 8.78 Å². The predicted octanol–water partition coefficient (Wildman–Crippen LogP) is 2.92. The highest BCUT2D eigenvalue weighted by Crippen LogP contribution is 2.27. The molecule has 0 saturated heterocycles. The summed E-state index contributed by atoms with van der Waals surface area (Å²) in [4.78, 5) is 0. The SMILES string of the molecule is COc1ccc(CCNCc2cnn(CC(F)F)c2)cc1OC.Cl. The van der Waals surface area contributed by atoms with Crippen molar-refractivity contribution in [1.29, 1.82) is 0 Å². The van der Waals surface area contributed by atoms with Gasteiger partial charge < -0.3 is 14.8 Å². The third kappa shape index (κ3) is 5.98. The molecular formula is C16H22ClF2N3O2. The predicted molar refractivity (Wildman–Crippen MR) is 90.4 cm³/mol. The van der Waals surface area contributed by atoms with Crippen LogP contribution in [0.2, 0.25) is 0 Å². The fraction of sp³-hybridized carbons (Fsp3) is 0.438. The first kappa shape index (κ1) is 20.2. The molecule has 0 aliphatic carbocycles. The second-order valence-electron chi connectivity index (χ2n) is 5.08. The van der Waals surface area contributed by atoms with Crippen LogP contribution in [0.1, 0.15) is 11.1 Å². The van der Waals surface area contributed by atoms with Crippen LogP contribution >= 0.6 is 12.4 Å². The van der Waals surface area contributed by atoms with Crippen LogP contribution in [-0.4, -0.2) is 37.0 Å². The monoisotopic (exact) mass is 361 g/mol. The van der Waals surface area contributed by atoms with E-state index in [1.807, 2.05) is 18.2 Å². The largest absolute Gasteiger partial charge is 0.493 e. The number of ether oxygens (including phenoxy) is 2. The molecule has 24 heavy (non-hydrogen) atoms. The fourth-order valence-corrected chi connectivity index (χ4v) is 2.24. The lowest BCUT2D eigenvalue weighted by atomic mass is 10.1. The summed E-state index contributed by atoms with van der Waals surface area (Å²) in [5.41, 5.74) is 2.02. The van der Waals surface area contributed by atoms with Crippen molar-refractivity contribution in [2.75, 3.05) is 20.8 Å². The lowest BCUT2D eigenvalue weighted by Crippen LogP contribution is -2.16. The minimum Gasteiger partial charge on any atom is -0.493 e. The summed E-state index contributed by atoms with van der Waals surface area (Å²) >= 11 is 0. The van der Waals surface area contributed by atoms with Crippen LogP contribution in [0.3, 0.4) is 0 Å². The highest BCUT2D eigenvalue weighted by Gasteiger charge is 2.06. The van der Waals surface area contributed by atoms with E-state index in [0.717, 1.165) is 24.1 Å². The maximum atomic E-state index is 12.2. The molecule has 8 heteroatoms. The zero-order valence-corrected chi connectivity index (χ0v) is 14.5. The van der Waals surface area contributed by atoms with Crippen LogP contribution in [-0.2, 0) is 19.5 Å². The minimum absolute atomic E-state index is 0. The van der Waals surface area contributed by atoms with Crippen molar-refractivity contribution < 1.29 is 18.3 Å². The number of nitrogens with zero attached hydrogens (tertiary/aromatic N) is 2. The minimum atomic E-state index is -2.39. The van der Waals surface area contributed by atoms with E-state index in [1.54, 1.807) is 26.6 Å². The number of halogens is 3. The Bertz CT molecular complexity index is 623. The topological polar surface area (TPSA) is 48.3 Å². The molecule has 0 amide bonds. The molecule has 0 bridgehead atoms. The van der Waals surface area contributed by atoms with Crippen LogP contribution < -0.4 is 14.8 Å². The maximum Gasteiger partial charge on any atom is 0.257 e. The van der Waals surface area contributed by atoms with Gasteiger partial charge in [-0.15, -0.1) is 12.4 Å². The Morgan fingerprint density at radius 3 is 2.58 bits per heavy atom. The van der Waals surface area contributed by atoms with Crippen molar-refractivity contribution in [1.82, 2.24) is 15.1 Å². The Hall–Kier alpha value is -1.86. The summed E-state index contributed by atoms with van der Waals surface area (Å²) in [6.45, 7) is 0.984. The van der Waals surface area contributed by atoms with E-state index >= 15 is 0 Å². The number of benzene rings is 1. The van der Waals surface area contributed by atoms with Crippen LogP contribution in [0.5, 0.6) is 11.5 Å². The van der Waals surface area contributed by atoms with Crippen molar-refractivity contribution >= 4 is 12.4 Å². The zero-order valence-electron chi connectivity index (χ0n) is 13.7. The standard InChI is InChI=1S/C16H21F2N3O2.ClH/c1-22-14-4-3-12(7-15(14)23-2)5-6-19-8-13-9-20-21(10-13)11-16(17)18;/h3-4,7,9-10,16,19H,5-6,8,11H2,1-2H3;1H. The van der Waals surface area contributed by atoms with Crippen molar-refractivity contribution in [2.45, 2.75) is 25.9 Å². The average molecular weight is 362 g/mol. The van der Waals surface area contributed by atoms with E-state index in [0.29, 0.717) is 18.0 Å². The van der Waals surface area contributed by atoms with Gasteiger partial charge in [0, 0.05) is 18.3 Å². The molecule has 1 aromatic carbocycles. The summed E-state index contributed by atoms with van der Waals surface area (Å²) in [5, 5.41) is 7.17. The van der Waals surface area contributed by atoms with Crippen LogP contribution in [0.4, 0.5) is 8.78 Å². The first-order chi connectivity index (χ1) is 11.1. The van der Waals surface area contributed by atoms with E-state index in [-0.39, 0.29) is 19.0 Å².